The molecule has 1 aromatic rings. The second kappa shape index (κ2) is 6.75. The fourth-order valence-corrected chi connectivity index (χ4v) is 4.31. The van der Waals surface area contributed by atoms with E-state index in [0.717, 1.165) is 5.56 Å². The van der Waals surface area contributed by atoms with Crippen molar-refractivity contribution in [2.75, 3.05) is 13.6 Å². The van der Waals surface area contributed by atoms with Crippen LogP contribution in [0.2, 0.25) is 0 Å². The molecule has 1 unspecified atom stereocenters. The lowest BCUT2D eigenvalue weighted by Crippen LogP contribution is -2.41. The van der Waals surface area contributed by atoms with Crippen LogP contribution in [-0.4, -0.2) is 39.0 Å². The zero-order valence-electron chi connectivity index (χ0n) is 12.3. The predicted molar refractivity (Wildman–Crippen MR) is 87.5 cm³/mol. The Kier molecular flexibility index (Phi) is 5.43. The van der Waals surface area contributed by atoms with Gasteiger partial charge in [0.25, 0.3) is 0 Å². The molecule has 1 aliphatic rings. The summed E-state index contributed by atoms with van der Waals surface area (Å²) in [4.78, 5) is 2.47. The fourth-order valence-electron chi connectivity index (χ4n) is 2.17. The number of nitrogens with zero attached hydrogens (tertiary/aromatic N) is 1. The predicted octanol–water partition coefficient (Wildman–Crippen LogP) is 1.67. The Balaban J connectivity index is 2.07. The molecule has 0 bridgehead atoms. The highest BCUT2D eigenvalue weighted by atomic mass is 79.9. The second-order valence-electron chi connectivity index (χ2n) is 5.57. The number of likely N-dealkylation sites (N-methyl/N-ethyl adjacent to an activating group) is 1. The molecular formula is C14H22BrN3O2S. The van der Waals surface area contributed by atoms with E-state index in [1.54, 1.807) is 12.1 Å². The van der Waals surface area contributed by atoms with Gasteiger partial charge in [-0.2, -0.15) is 0 Å². The summed E-state index contributed by atoms with van der Waals surface area (Å²) in [5, 5.41) is 0. The molecule has 0 heterocycles. The normalized spacial score (nSPS) is 17.2. The molecule has 5 nitrogen and oxygen atoms in total. The third-order valence-corrected chi connectivity index (χ3v) is 6.33. The van der Waals surface area contributed by atoms with Gasteiger partial charge in [0.15, 0.2) is 0 Å². The minimum Gasteiger partial charge on any atom is -0.326 e. The van der Waals surface area contributed by atoms with E-state index in [1.165, 1.54) is 12.8 Å². The van der Waals surface area contributed by atoms with Crippen LogP contribution >= 0.6 is 15.9 Å². The van der Waals surface area contributed by atoms with E-state index in [9.17, 15) is 8.42 Å². The van der Waals surface area contributed by atoms with E-state index in [2.05, 4.69) is 25.6 Å². The molecule has 3 N–H and O–H groups in total. The van der Waals surface area contributed by atoms with Crippen LogP contribution in [-0.2, 0) is 16.6 Å². The van der Waals surface area contributed by atoms with E-state index in [4.69, 9.17) is 5.73 Å². The summed E-state index contributed by atoms with van der Waals surface area (Å²) in [6.07, 6.45) is 2.41. The van der Waals surface area contributed by atoms with Gasteiger partial charge in [-0.25, -0.2) is 13.1 Å². The molecule has 0 saturated heterocycles. The van der Waals surface area contributed by atoms with Crippen LogP contribution in [0, 0.1) is 0 Å². The minimum absolute atomic E-state index is 0.170. The maximum absolute atomic E-state index is 12.4. The number of nitrogens with two attached hydrogens (primary N) is 1. The molecule has 0 spiro atoms. The van der Waals surface area contributed by atoms with Gasteiger partial charge in [-0.3, -0.25) is 4.90 Å². The molecule has 1 aliphatic carbocycles. The standard InChI is InChI=1S/C14H22BrN3O2S/c1-10(18(2)12-4-5-12)9-17-21(19,20)14-7-11(8-16)3-6-13(14)15/h3,6-7,10,12,17H,4-5,8-9,16H2,1-2H3. The number of benzene rings is 1. The summed E-state index contributed by atoms with van der Waals surface area (Å²) in [6.45, 7) is 2.75. The van der Waals surface area contributed by atoms with Crippen LogP contribution < -0.4 is 10.5 Å². The third-order valence-electron chi connectivity index (χ3n) is 3.91. The van der Waals surface area contributed by atoms with Crippen LogP contribution in [0.5, 0.6) is 0 Å². The fraction of sp³-hybridized carbons (Fsp3) is 0.571. The number of halogens is 1. The first-order valence-corrected chi connectivity index (χ1v) is 9.33. The van der Waals surface area contributed by atoms with Gasteiger partial charge in [0.1, 0.15) is 0 Å². The Labute approximate surface area is 135 Å². The zero-order chi connectivity index (χ0) is 15.6. The Morgan fingerprint density at radius 2 is 2.14 bits per heavy atom. The highest BCUT2D eigenvalue weighted by Crippen LogP contribution is 2.27. The largest absolute Gasteiger partial charge is 0.326 e. The van der Waals surface area contributed by atoms with Crippen molar-refractivity contribution < 1.29 is 8.42 Å². The van der Waals surface area contributed by atoms with Crippen LogP contribution in [0.25, 0.3) is 0 Å². The Morgan fingerprint density at radius 3 is 2.71 bits per heavy atom. The summed E-state index contributed by atoms with van der Waals surface area (Å²) in [5.41, 5.74) is 6.37. The molecule has 0 amide bonds. The molecule has 21 heavy (non-hydrogen) atoms. The first-order chi connectivity index (χ1) is 9.85. The molecule has 118 valence electrons. The quantitative estimate of drug-likeness (QED) is 0.759. The van der Waals surface area contributed by atoms with Crippen molar-refractivity contribution in [3.8, 4) is 0 Å². The van der Waals surface area contributed by atoms with E-state index in [1.807, 2.05) is 20.0 Å². The highest BCUT2D eigenvalue weighted by molar-refractivity contribution is 9.10. The van der Waals surface area contributed by atoms with Gasteiger partial charge in [-0.1, -0.05) is 6.07 Å². The molecule has 1 atom stereocenters. The highest BCUT2D eigenvalue weighted by Gasteiger charge is 2.29. The van der Waals surface area contributed by atoms with Crippen molar-refractivity contribution in [2.24, 2.45) is 5.73 Å². The number of hydrogen-bond acceptors (Lipinski definition) is 4. The van der Waals surface area contributed by atoms with Gasteiger partial charge >= 0.3 is 0 Å². The SMILES string of the molecule is CC(CNS(=O)(=O)c1cc(CN)ccc1Br)N(C)C1CC1. The van der Waals surface area contributed by atoms with Crippen LogP contribution in [0.15, 0.2) is 27.6 Å². The molecule has 2 rings (SSSR count). The van der Waals surface area contributed by atoms with E-state index >= 15 is 0 Å². The average Bonchev–Trinajstić information content (AvgIpc) is 3.29. The number of rotatable bonds is 7. The summed E-state index contributed by atoms with van der Waals surface area (Å²) >= 11 is 3.29. The first-order valence-electron chi connectivity index (χ1n) is 7.05. The lowest BCUT2D eigenvalue weighted by Gasteiger charge is -2.24. The van der Waals surface area contributed by atoms with Crippen LogP contribution in [0.4, 0.5) is 0 Å². The Morgan fingerprint density at radius 1 is 1.48 bits per heavy atom. The second-order valence-corrected chi connectivity index (χ2v) is 8.16. The lowest BCUT2D eigenvalue weighted by molar-refractivity contribution is 0.248. The molecule has 1 fully saturated rings. The van der Waals surface area contributed by atoms with Gasteiger partial charge in [-0.05, 0) is 60.4 Å². The smallest absolute Gasteiger partial charge is 0.241 e. The summed E-state index contributed by atoms with van der Waals surface area (Å²) < 4.78 is 28.1. The zero-order valence-corrected chi connectivity index (χ0v) is 14.7. The maximum Gasteiger partial charge on any atom is 0.241 e. The molecule has 1 saturated carbocycles. The summed E-state index contributed by atoms with van der Waals surface area (Å²) in [7, 11) is -1.49. The van der Waals surface area contributed by atoms with Crippen molar-refractivity contribution in [1.82, 2.24) is 9.62 Å². The molecule has 0 aromatic heterocycles. The number of hydrogen-bond donors (Lipinski definition) is 2. The molecule has 7 heteroatoms. The topological polar surface area (TPSA) is 75.4 Å². The summed E-state index contributed by atoms with van der Waals surface area (Å²) in [6, 6.07) is 5.92. The monoisotopic (exact) mass is 375 g/mol. The van der Waals surface area contributed by atoms with E-state index < -0.39 is 10.0 Å². The molecule has 0 radical (unpaired) electrons. The van der Waals surface area contributed by atoms with E-state index in [0.29, 0.717) is 23.6 Å². The van der Waals surface area contributed by atoms with Crippen molar-refractivity contribution in [2.45, 2.75) is 43.3 Å². The minimum atomic E-state index is -3.54. The Hall–Kier alpha value is -0.470. The van der Waals surface area contributed by atoms with Gasteiger partial charge in [0.05, 0.1) is 4.90 Å². The van der Waals surface area contributed by atoms with Gasteiger partial charge in [0, 0.05) is 29.6 Å². The van der Waals surface area contributed by atoms with Crippen LogP contribution in [0.3, 0.4) is 0 Å². The first kappa shape index (κ1) is 16.9. The van der Waals surface area contributed by atoms with Crippen LogP contribution in [0.1, 0.15) is 25.3 Å². The maximum atomic E-state index is 12.4. The average molecular weight is 376 g/mol. The lowest BCUT2D eigenvalue weighted by atomic mass is 10.2. The van der Waals surface area contributed by atoms with Crippen molar-refractivity contribution in [1.29, 1.82) is 0 Å². The molecular weight excluding hydrogens is 354 g/mol. The molecule has 0 aliphatic heterocycles. The van der Waals surface area contributed by atoms with Gasteiger partial charge in [-0.15, -0.1) is 0 Å². The Bertz CT molecular complexity index is 602. The summed E-state index contributed by atoms with van der Waals surface area (Å²) in [5.74, 6) is 0. The van der Waals surface area contributed by atoms with Gasteiger partial charge < -0.3 is 5.73 Å². The van der Waals surface area contributed by atoms with Crippen molar-refractivity contribution in [3.05, 3.63) is 28.2 Å². The number of nitrogens with one attached hydrogen (secondary N) is 1. The van der Waals surface area contributed by atoms with Crippen molar-refractivity contribution >= 4 is 26.0 Å². The van der Waals surface area contributed by atoms with Gasteiger partial charge in [0.2, 0.25) is 10.0 Å². The third kappa shape index (κ3) is 4.26. The van der Waals surface area contributed by atoms with E-state index in [-0.39, 0.29) is 10.9 Å². The number of sulfonamides is 1. The van der Waals surface area contributed by atoms with Crippen molar-refractivity contribution in [3.63, 3.8) is 0 Å². The molecule has 1 aromatic carbocycles.